The summed E-state index contributed by atoms with van der Waals surface area (Å²) < 4.78 is 20.6. The molecule has 2 aromatic carbocycles. The number of thioether (sulfide) groups is 1. The predicted molar refractivity (Wildman–Crippen MR) is 102 cm³/mol. The van der Waals surface area contributed by atoms with Crippen LogP contribution in [0, 0.1) is 5.82 Å². The van der Waals surface area contributed by atoms with E-state index in [2.05, 4.69) is 15.1 Å². The quantitative estimate of drug-likeness (QED) is 0.314. The van der Waals surface area contributed by atoms with Crippen LogP contribution in [0.25, 0.3) is 16.7 Å². The van der Waals surface area contributed by atoms with Gasteiger partial charge in [0, 0.05) is 5.75 Å². The summed E-state index contributed by atoms with van der Waals surface area (Å²) in [5, 5.41) is 5.15. The second-order valence-electron chi connectivity index (χ2n) is 5.63. The van der Waals surface area contributed by atoms with E-state index in [9.17, 15) is 9.18 Å². The molecule has 0 aliphatic heterocycles. The van der Waals surface area contributed by atoms with Gasteiger partial charge >= 0.3 is 0 Å². The van der Waals surface area contributed by atoms with Crippen LogP contribution in [0.15, 0.2) is 70.7 Å². The Kier molecular flexibility index (Phi) is 4.88. The van der Waals surface area contributed by atoms with E-state index >= 15 is 0 Å². The number of benzene rings is 2. The molecule has 1 N–H and O–H groups in total. The van der Waals surface area contributed by atoms with Crippen molar-refractivity contribution in [3.63, 3.8) is 0 Å². The number of aromatic amines is 1. The predicted octanol–water partition coefficient (Wildman–Crippen LogP) is 3.42. The lowest BCUT2D eigenvalue weighted by atomic mass is 10.3. The number of H-pyrrole nitrogens is 1. The van der Waals surface area contributed by atoms with Gasteiger partial charge in [0.15, 0.2) is 22.4 Å². The molecular weight excluding hydrogens is 367 g/mol. The summed E-state index contributed by atoms with van der Waals surface area (Å²) >= 11 is 1.33. The Balaban J connectivity index is 1.51. The normalized spacial score (nSPS) is 11.0. The minimum atomic E-state index is -0.401. The Bertz CT molecular complexity index is 1130. The molecule has 0 bridgehead atoms. The molecule has 8 heteroatoms. The number of hydrogen-bond donors (Lipinski definition) is 1. The third kappa shape index (κ3) is 3.70. The number of hydrogen-bond acceptors (Lipinski definition) is 5. The fourth-order valence-electron chi connectivity index (χ4n) is 2.58. The fourth-order valence-corrected chi connectivity index (χ4v) is 3.25. The second kappa shape index (κ2) is 7.63. The van der Waals surface area contributed by atoms with Gasteiger partial charge in [0.05, 0.1) is 18.5 Å². The molecule has 0 fully saturated rings. The van der Waals surface area contributed by atoms with Crippen LogP contribution in [-0.4, -0.2) is 32.1 Å². The van der Waals surface area contributed by atoms with Crippen molar-refractivity contribution in [2.75, 3.05) is 12.4 Å². The van der Waals surface area contributed by atoms with Crippen LogP contribution in [0.4, 0.5) is 4.39 Å². The van der Waals surface area contributed by atoms with Crippen molar-refractivity contribution in [2.45, 2.75) is 5.16 Å². The third-order valence-electron chi connectivity index (χ3n) is 3.83. The number of nitrogens with zero attached hydrogens (tertiary/aromatic N) is 3. The van der Waals surface area contributed by atoms with Gasteiger partial charge in [0.1, 0.15) is 5.39 Å². The van der Waals surface area contributed by atoms with Crippen molar-refractivity contribution < 1.29 is 9.13 Å². The highest BCUT2D eigenvalue weighted by molar-refractivity contribution is 7.99. The lowest BCUT2D eigenvalue weighted by molar-refractivity contribution is 0.325. The lowest BCUT2D eigenvalue weighted by Gasteiger charge is -2.07. The summed E-state index contributed by atoms with van der Waals surface area (Å²) in [4.78, 5) is 19.6. The maximum absolute atomic E-state index is 13.5. The molecule has 2 heterocycles. The van der Waals surface area contributed by atoms with Crippen LogP contribution in [0.5, 0.6) is 5.75 Å². The van der Waals surface area contributed by atoms with Crippen molar-refractivity contribution in [1.82, 2.24) is 19.7 Å². The van der Waals surface area contributed by atoms with Gasteiger partial charge in [-0.3, -0.25) is 4.79 Å². The van der Waals surface area contributed by atoms with E-state index in [0.717, 1.165) is 5.69 Å². The van der Waals surface area contributed by atoms with E-state index in [0.29, 0.717) is 21.9 Å². The van der Waals surface area contributed by atoms with E-state index in [1.54, 1.807) is 22.9 Å². The summed E-state index contributed by atoms with van der Waals surface area (Å²) in [5.74, 6) is 0.307. The highest BCUT2D eigenvalue weighted by Gasteiger charge is 2.12. The highest BCUT2D eigenvalue weighted by Crippen LogP contribution is 2.19. The Hall–Kier alpha value is -3.13. The lowest BCUT2D eigenvalue weighted by Crippen LogP contribution is -2.10. The first-order valence-corrected chi connectivity index (χ1v) is 9.24. The van der Waals surface area contributed by atoms with Crippen molar-refractivity contribution in [3.05, 3.63) is 77.0 Å². The SMILES string of the molecule is O=c1[nH]c(SCCOc2ccccc2F)nc2c1cnn2-c1ccccc1. The molecule has 0 aliphatic rings. The molecule has 0 atom stereocenters. The average Bonchev–Trinajstić information content (AvgIpc) is 3.12. The Labute approximate surface area is 158 Å². The van der Waals surface area contributed by atoms with Crippen molar-refractivity contribution in [1.29, 1.82) is 0 Å². The summed E-state index contributed by atoms with van der Waals surface area (Å²) in [6.45, 7) is 0.283. The standard InChI is InChI=1S/C19H15FN4O2S/c20-15-8-4-5-9-16(15)26-10-11-27-19-22-17-14(18(25)23-19)12-21-24(17)13-6-2-1-3-7-13/h1-9,12H,10-11H2,(H,22,23,25). The smallest absolute Gasteiger partial charge is 0.262 e. The van der Waals surface area contributed by atoms with E-state index < -0.39 is 5.82 Å². The van der Waals surface area contributed by atoms with Gasteiger partial charge in [-0.1, -0.05) is 42.1 Å². The maximum atomic E-state index is 13.5. The zero-order valence-electron chi connectivity index (χ0n) is 14.1. The number of rotatable bonds is 6. The van der Waals surface area contributed by atoms with Gasteiger partial charge in [-0.15, -0.1) is 0 Å². The molecule has 4 aromatic rings. The van der Waals surface area contributed by atoms with E-state index in [1.165, 1.54) is 24.0 Å². The van der Waals surface area contributed by atoms with Gasteiger partial charge in [0.2, 0.25) is 0 Å². The molecule has 2 aromatic heterocycles. The molecule has 0 spiro atoms. The van der Waals surface area contributed by atoms with Crippen LogP contribution in [0.3, 0.4) is 0 Å². The zero-order valence-corrected chi connectivity index (χ0v) is 14.9. The maximum Gasteiger partial charge on any atom is 0.262 e. The molecular formula is C19H15FN4O2S. The summed E-state index contributed by atoms with van der Waals surface area (Å²) in [6, 6.07) is 15.7. The van der Waals surface area contributed by atoms with Gasteiger partial charge < -0.3 is 9.72 Å². The Morgan fingerprint density at radius 1 is 1.11 bits per heavy atom. The molecule has 0 saturated carbocycles. The second-order valence-corrected chi connectivity index (χ2v) is 6.71. The fraction of sp³-hybridized carbons (Fsp3) is 0.105. The van der Waals surface area contributed by atoms with Crippen LogP contribution in [-0.2, 0) is 0 Å². The minimum absolute atomic E-state index is 0.206. The average molecular weight is 382 g/mol. The molecule has 6 nitrogen and oxygen atoms in total. The first-order valence-electron chi connectivity index (χ1n) is 8.26. The largest absolute Gasteiger partial charge is 0.490 e. The van der Waals surface area contributed by atoms with E-state index in [4.69, 9.17) is 4.74 Å². The summed E-state index contributed by atoms with van der Waals surface area (Å²) in [5.41, 5.74) is 1.06. The van der Waals surface area contributed by atoms with Gasteiger partial charge in [-0.05, 0) is 24.3 Å². The first kappa shape index (κ1) is 17.3. The molecule has 0 unspecified atom stereocenters. The summed E-state index contributed by atoms with van der Waals surface area (Å²) in [7, 11) is 0. The zero-order chi connectivity index (χ0) is 18.6. The number of para-hydroxylation sites is 2. The van der Waals surface area contributed by atoms with Crippen LogP contribution >= 0.6 is 11.8 Å². The van der Waals surface area contributed by atoms with Crippen LogP contribution in [0.1, 0.15) is 0 Å². The molecule has 136 valence electrons. The van der Waals surface area contributed by atoms with E-state index in [1.807, 2.05) is 30.3 Å². The van der Waals surface area contributed by atoms with Crippen LogP contribution < -0.4 is 10.3 Å². The van der Waals surface area contributed by atoms with Crippen molar-refractivity contribution in [3.8, 4) is 11.4 Å². The number of fused-ring (bicyclic) bond motifs is 1. The Morgan fingerprint density at radius 2 is 1.89 bits per heavy atom. The summed E-state index contributed by atoms with van der Waals surface area (Å²) in [6.07, 6.45) is 1.50. The monoisotopic (exact) mass is 382 g/mol. The first-order chi connectivity index (χ1) is 13.2. The molecule has 0 aliphatic carbocycles. The van der Waals surface area contributed by atoms with Gasteiger partial charge in [-0.2, -0.15) is 5.10 Å². The number of ether oxygens (including phenoxy) is 1. The minimum Gasteiger partial charge on any atom is -0.490 e. The van der Waals surface area contributed by atoms with Crippen molar-refractivity contribution in [2.24, 2.45) is 0 Å². The number of aromatic nitrogens is 4. The topological polar surface area (TPSA) is 72.8 Å². The molecule has 0 amide bonds. The molecule has 4 rings (SSSR count). The third-order valence-corrected chi connectivity index (χ3v) is 4.67. The highest BCUT2D eigenvalue weighted by atomic mass is 32.2. The Morgan fingerprint density at radius 3 is 2.70 bits per heavy atom. The molecule has 0 radical (unpaired) electrons. The molecule has 0 saturated heterocycles. The number of nitrogens with one attached hydrogen (secondary N) is 1. The van der Waals surface area contributed by atoms with Gasteiger partial charge in [-0.25, -0.2) is 14.1 Å². The van der Waals surface area contributed by atoms with E-state index in [-0.39, 0.29) is 17.9 Å². The van der Waals surface area contributed by atoms with Crippen molar-refractivity contribution >= 4 is 22.8 Å². The number of halogens is 1. The van der Waals surface area contributed by atoms with Crippen LogP contribution in [0.2, 0.25) is 0 Å². The van der Waals surface area contributed by atoms with Gasteiger partial charge in [0.25, 0.3) is 5.56 Å². The molecule has 27 heavy (non-hydrogen) atoms.